The fourth-order valence-corrected chi connectivity index (χ4v) is 18.5. The van der Waals surface area contributed by atoms with Crippen molar-refractivity contribution in [3.63, 3.8) is 0 Å². The molecule has 0 aromatic heterocycles. The number of amides is 2. The molecule has 92 heavy (non-hydrogen) atoms. The van der Waals surface area contributed by atoms with Crippen LogP contribution in [0.1, 0.15) is 22.3 Å². The summed E-state index contributed by atoms with van der Waals surface area (Å²) < 4.78 is 328. The van der Waals surface area contributed by atoms with Crippen LogP contribution in [0.4, 0.5) is 38.9 Å². The first kappa shape index (κ1) is 69.9. The average Bonchev–Trinajstić information content (AvgIpc) is 0.748. The Morgan fingerprint density at radius 2 is 0.543 bits per heavy atom. The molecular weight excluding hydrogens is 1430 g/mol. The van der Waals surface area contributed by atoms with Gasteiger partial charge >= 0.3 is 6.03 Å². The van der Waals surface area contributed by atoms with Crippen molar-refractivity contribution in [2.24, 2.45) is 0 Å². The minimum atomic E-state index is -5.61. The molecule has 2 amide bonds. The van der Waals surface area contributed by atoms with E-state index in [1.54, 1.807) is 0 Å². The molecule has 0 unspecified atom stereocenters. The Balaban J connectivity index is 1.02. The summed E-state index contributed by atoms with van der Waals surface area (Å²) in [5, 5.41) is 0.719. The average molecular weight is 1470 g/mol. The third-order valence-corrected chi connectivity index (χ3v) is 24.5. The van der Waals surface area contributed by atoms with Crippen molar-refractivity contribution in [1.29, 1.82) is 0 Å². The molecule has 0 fully saturated rings. The fraction of sp³-hybridized carbons (Fsp3) is 0.0816. The highest BCUT2D eigenvalue weighted by atomic mass is 32.3. The number of hydrogen-bond donors (Lipinski definition) is 12. The lowest BCUT2D eigenvalue weighted by Gasteiger charge is -2.18. The zero-order valence-electron chi connectivity index (χ0n) is 46.4. The molecule has 33 nitrogen and oxygen atoms in total. The molecule has 0 saturated heterocycles. The Kier molecular flexibility index (Phi) is 18.1. The highest BCUT2D eigenvalue weighted by Gasteiger charge is 2.32. The van der Waals surface area contributed by atoms with Gasteiger partial charge in [-0.3, -0.25) is 46.2 Å². The third kappa shape index (κ3) is 14.9. The number of hydrogen-bond acceptors (Lipinski definition) is 21. The van der Waals surface area contributed by atoms with Crippen molar-refractivity contribution in [1.82, 2.24) is 0 Å². The topological polar surface area (TPSA) is 552 Å². The van der Waals surface area contributed by atoms with Crippen LogP contribution in [0.25, 0.3) is 21.5 Å². The summed E-state index contributed by atoms with van der Waals surface area (Å²) in [7, 11) is -52.3. The number of anilines is 6. The summed E-state index contributed by atoms with van der Waals surface area (Å²) in [4.78, 5) is 3.14. The molecule has 492 valence electrons. The number of nitrogens with one attached hydrogen (secondary N) is 6. The van der Waals surface area contributed by atoms with Crippen molar-refractivity contribution in [2.75, 3.05) is 29.5 Å². The number of rotatable bonds is 20. The largest absolute Gasteiger partial charge is 0.323 e. The zero-order valence-corrected chi connectivity index (χ0v) is 54.6. The van der Waals surface area contributed by atoms with Gasteiger partial charge in [0.25, 0.3) is 101 Å². The minimum Gasteiger partial charge on any atom is -0.308 e. The van der Waals surface area contributed by atoms with Gasteiger partial charge in [-0.15, -0.1) is 0 Å². The number of carbonyl (C=O) groups excluding carboxylic acids is 1. The van der Waals surface area contributed by atoms with Gasteiger partial charge in [-0.25, -0.2) is 38.5 Å². The predicted octanol–water partition coefficient (Wildman–Crippen LogP) is 5.55. The summed E-state index contributed by atoms with van der Waals surface area (Å²) in [6.07, 6.45) is 0. The van der Waals surface area contributed by atoms with Crippen LogP contribution in [0, 0.1) is 27.7 Å². The predicted molar refractivity (Wildman–Crippen MR) is 327 cm³/mol. The van der Waals surface area contributed by atoms with Gasteiger partial charge in [0.05, 0.1) is 52.1 Å². The van der Waals surface area contributed by atoms with Crippen molar-refractivity contribution in [3.05, 3.63) is 144 Å². The molecule has 43 heteroatoms. The van der Waals surface area contributed by atoms with Gasteiger partial charge in [-0.1, -0.05) is 24.3 Å². The number of sulfonamides is 4. The van der Waals surface area contributed by atoms with E-state index in [1.807, 2.05) is 9.44 Å². The Morgan fingerprint density at radius 3 is 0.815 bits per heavy atom. The van der Waals surface area contributed by atoms with Crippen LogP contribution >= 0.6 is 0 Å². The summed E-state index contributed by atoms with van der Waals surface area (Å²) in [6.45, 7) is 5.18. The summed E-state index contributed by atoms with van der Waals surface area (Å²) in [5.74, 6) is 0. The normalized spacial score (nSPS) is 13.2. The van der Waals surface area contributed by atoms with Crippen LogP contribution < -0.4 is 29.5 Å². The molecule has 0 aliphatic carbocycles. The molecule has 0 radical (unpaired) electrons. The maximum Gasteiger partial charge on any atom is 0.323 e. The fourth-order valence-electron chi connectivity index (χ4n) is 9.07. The Bertz CT molecular complexity index is 5420. The molecule has 0 spiro atoms. The molecular formula is C49H44N6O27S10. The van der Waals surface area contributed by atoms with Gasteiger partial charge in [-0.2, -0.15) is 50.5 Å². The Labute approximate surface area is 524 Å². The number of urea groups is 1. The standard InChI is InChI=1S/C49H44N6O27S10/c1-25-5-9-29(17-41(25)83(57,58)52-31-11-7-27(3)43(19-31)85(61,62)54-37-13-15-39(89(71,72)73)35-21-33(87(65,66)67)23-45(47(35)37)91(77,78)79)50-49(56)51-30-10-6-26(2)42(18-30)84(59,60)53-32-12-8-28(4)44(20-32)86(63,64)55-38-14-16-40(90(74,75)76)36-22-34(88(68,69)70)24-46(48(36)38)92(80,81)82/h5-24,52-55H,1-4H3,(H2,50,51,56)(H,65,66,67)(H,68,69,70)(H,71,72,73)(H,74,75,76)(H,77,78,79)(H,80,81,82). The quantitative estimate of drug-likeness (QED) is 0.0416. The SMILES string of the molecule is Cc1ccc(NC(=O)Nc2ccc(C)c(S(=O)(=O)Nc3ccc(C)c(S(=O)(=O)Nc4ccc(S(=O)(=O)O)c5cc(S(=O)(=O)O)cc(S(=O)(=O)O)c45)c3)c2)cc1S(=O)(=O)Nc1ccc(C)c(S(=O)(=O)Nc2ccc(S(=O)(=O)O)c3cc(S(=O)(=O)O)cc(S(=O)(=O)O)c23)c1. The van der Waals surface area contributed by atoms with E-state index in [2.05, 4.69) is 20.1 Å². The molecule has 0 atom stereocenters. The van der Waals surface area contributed by atoms with E-state index < -0.39 is 200 Å². The Hall–Kier alpha value is -7.99. The number of aryl methyl sites for hydroxylation is 4. The van der Waals surface area contributed by atoms with Crippen molar-refractivity contribution in [2.45, 2.75) is 76.6 Å². The van der Waals surface area contributed by atoms with Crippen molar-refractivity contribution >= 4 is 163 Å². The van der Waals surface area contributed by atoms with Crippen LogP contribution in [-0.4, -0.2) is 118 Å². The summed E-state index contributed by atoms with van der Waals surface area (Å²) >= 11 is 0. The van der Waals surface area contributed by atoms with E-state index >= 15 is 0 Å². The second kappa shape index (κ2) is 23.8. The monoisotopic (exact) mass is 1470 g/mol. The number of benzene rings is 8. The van der Waals surface area contributed by atoms with E-state index in [1.165, 1.54) is 52.0 Å². The number of carbonyl (C=O) groups is 1. The van der Waals surface area contributed by atoms with E-state index in [0.29, 0.717) is 36.4 Å². The van der Waals surface area contributed by atoms with Crippen LogP contribution in [0.3, 0.4) is 0 Å². The minimum absolute atomic E-state index is 0.0580. The molecule has 0 heterocycles. The van der Waals surface area contributed by atoms with Crippen LogP contribution in [0.2, 0.25) is 0 Å². The third-order valence-electron chi connectivity index (χ3n) is 13.2. The Morgan fingerprint density at radius 1 is 0.283 bits per heavy atom. The maximum absolute atomic E-state index is 14.1. The molecule has 0 saturated carbocycles. The van der Waals surface area contributed by atoms with Crippen molar-refractivity contribution < 1.29 is 116 Å². The highest BCUT2D eigenvalue weighted by molar-refractivity contribution is 7.94. The first-order valence-electron chi connectivity index (χ1n) is 24.6. The van der Waals surface area contributed by atoms with E-state index in [4.69, 9.17) is 0 Å². The highest BCUT2D eigenvalue weighted by Crippen LogP contribution is 2.41. The number of fused-ring (bicyclic) bond motifs is 2. The summed E-state index contributed by atoms with van der Waals surface area (Å²) in [6, 6.07) is 15.5. The van der Waals surface area contributed by atoms with Gasteiger partial charge in [0, 0.05) is 32.9 Å². The second-order valence-electron chi connectivity index (χ2n) is 19.7. The second-order valence-corrected chi connectivity index (χ2v) is 34.7. The molecule has 8 rings (SSSR count). The van der Waals surface area contributed by atoms with Gasteiger partial charge in [0.1, 0.15) is 19.6 Å². The van der Waals surface area contributed by atoms with Gasteiger partial charge in [0.2, 0.25) is 0 Å². The van der Waals surface area contributed by atoms with Crippen molar-refractivity contribution in [3.8, 4) is 0 Å². The lowest BCUT2D eigenvalue weighted by Crippen LogP contribution is -2.21. The van der Waals surface area contributed by atoms with Crippen LogP contribution in [0.15, 0.2) is 170 Å². The van der Waals surface area contributed by atoms with Gasteiger partial charge < -0.3 is 10.6 Å². The van der Waals surface area contributed by atoms with Gasteiger partial charge in [-0.05, 0) is 147 Å². The molecule has 12 N–H and O–H groups in total. The van der Waals surface area contributed by atoms with E-state index in [9.17, 15) is 116 Å². The van der Waals surface area contributed by atoms with E-state index in [-0.39, 0.29) is 45.8 Å². The molecule has 0 aliphatic heterocycles. The molecule has 0 aliphatic rings. The van der Waals surface area contributed by atoms with Crippen LogP contribution in [-0.2, 0) is 101 Å². The zero-order chi connectivity index (χ0) is 68.8. The van der Waals surface area contributed by atoms with E-state index in [0.717, 1.165) is 48.5 Å². The lowest BCUT2D eigenvalue weighted by atomic mass is 10.1. The van der Waals surface area contributed by atoms with Gasteiger partial charge in [0.15, 0.2) is 0 Å². The molecule has 0 bridgehead atoms. The smallest absolute Gasteiger partial charge is 0.308 e. The maximum atomic E-state index is 14.1. The van der Waals surface area contributed by atoms with Crippen LogP contribution in [0.5, 0.6) is 0 Å². The first-order chi connectivity index (χ1) is 41.9. The lowest BCUT2D eigenvalue weighted by molar-refractivity contribution is 0.262. The first-order valence-corrected chi connectivity index (χ1v) is 39.1. The molecule has 8 aromatic rings. The summed E-state index contributed by atoms with van der Waals surface area (Å²) in [5.41, 5.74) is -3.00. The molecule has 8 aromatic carbocycles.